The molecule has 0 aliphatic rings. The number of rotatable bonds is 6. The maximum Gasteiger partial charge on any atom is 0.132 e. The van der Waals surface area contributed by atoms with Crippen LogP contribution in [0, 0.1) is 22.7 Å². The molecule has 0 bridgehead atoms. The van der Waals surface area contributed by atoms with Crippen LogP contribution in [-0.2, 0) is 0 Å². The molecule has 0 radical (unpaired) electrons. The quantitative estimate of drug-likeness (QED) is 0.718. The van der Waals surface area contributed by atoms with Crippen molar-refractivity contribution < 1.29 is 0 Å². The largest absolute Gasteiger partial charge is 0.364 e. The van der Waals surface area contributed by atoms with E-state index in [1.54, 1.807) is 17.5 Å². The van der Waals surface area contributed by atoms with Crippen LogP contribution in [0.1, 0.15) is 28.6 Å². The van der Waals surface area contributed by atoms with Crippen molar-refractivity contribution in [2.24, 2.45) is 0 Å². The Bertz CT molecular complexity index is 779. The van der Waals surface area contributed by atoms with Crippen LogP contribution in [0.2, 0.25) is 0 Å². The minimum absolute atomic E-state index is 0.0667. The standard InChI is InChI=1S/C17H16N4S2/c1-3-21(4-2)17-8-7-14(23-17)5-6-15-12-20-16(22-15)9-13(10-18)11-19/h5-9,12H,3-4H2,1-2H3/b6-5+. The molecule has 0 saturated carbocycles. The number of thiophene rings is 1. The van der Waals surface area contributed by atoms with Gasteiger partial charge in [-0.05, 0) is 38.1 Å². The summed E-state index contributed by atoms with van der Waals surface area (Å²) in [6.45, 7) is 6.32. The van der Waals surface area contributed by atoms with Gasteiger partial charge in [-0.25, -0.2) is 4.98 Å². The van der Waals surface area contributed by atoms with Crippen molar-refractivity contribution in [3.8, 4) is 12.1 Å². The van der Waals surface area contributed by atoms with Gasteiger partial charge in [-0.2, -0.15) is 10.5 Å². The van der Waals surface area contributed by atoms with Crippen LogP contribution in [0.4, 0.5) is 5.00 Å². The van der Waals surface area contributed by atoms with Crippen LogP contribution in [0.3, 0.4) is 0 Å². The topological polar surface area (TPSA) is 63.7 Å². The molecular formula is C17H16N4S2. The fraction of sp³-hybridized carbons (Fsp3) is 0.235. The minimum Gasteiger partial charge on any atom is -0.364 e. The van der Waals surface area contributed by atoms with Gasteiger partial charge in [0.15, 0.2) is 0 Å². The molecule has 0 amide bonds. The number of thiazole rings is 1. The predicted octanol–water partition coefficient (Wildman–Crippen LogP) is 4.65. The van der Waals surface area contributed by atoms with Gasteiger partial charge in [-0.3, -0.25) is 0 Å². The number of aromatic nitrogens is 1. The smallest absolute Gasteiger partial charge is 0.132 e. The predicted molar refractivity (Wildman–Crippen MR) is 98.1 cm³/mol. The van der Waals surface area contributed by atoms with Gasteiger partial charge in [0, 0.05) is 35.1 Å². The second kappa shape index (κ2) is 8.28. The Balaban J connectivity index is 2.10. The Morgan fingerprint density at radius 2 is 1.83 bits per heavy atom. The summed E-state index contributed by atoms with van der Waals surface area (Å²) in [6, 6.07) is 7.93. The zero-order valence-corrected chi connectivity index (χ0v) is 14.6. The zero-order valence-electron chi connectivity index (χ0n) is 13.0. The van der Waals surface area contributed by atoms with Crippen molar-refractivity contribution in [2.45, 2.75) is 13.8 Å². The second-order valence-electron chi connectivity index (χ2n) is 4.56. The summed E-state index contributed by atoms with van der Waals surface area (Å²) in [5.41, 5.74) is 0.0667. The van der Waals surface area contributed by atoms with Crippen molar-refractivity contribution in [3.05, 3.63) is 38.7 Å². The molecule has 2 rings (SSSR count). The molecule has 6 heteroatoms. The molecule has 0 N–H and O–H groups in total. The Morgan fingerprint density at radius 1 is 1.13 bits per heavy atom. The Labute approximate surface area is 144 Å². The van der Waals surface area contributed by atoms with Gasteiger partial charge in [0.2, 0.25) is 0 Å². The van der Waals surface area contributed by atoms with E-state index in [2.05, 4.69) is 41.9 Å². The third-order valence-corrected chi connectivity index (χ3v) is 5.17. The van der Waals surface area contributed by atoms with Gasteiger partial charge in [-0.1, -0.05) is 0 Å². The SMILES string of the molecule is CCN(CC)c1ccc(/C=C/c2cnc(C=C(C#N)C#N)s2)s1. The number of nitriles is 2. The summed E-state index contributed by atoms with van der Waals surface area (Å²) in [7, 11) is 0. The van der Waals surface area contributed by atoms with E-state index in [-0.39, 0.29) is 5.57 Å². The first kappa shape index (κ1) is 17.0. The van der Waals surface area contributed by atoms with E-state index in [4.69, 9.17) is 10.5 Å². The molecule has 4 nitrogen and oxygen atoms in total. The third-order valence-electron chi connectivity index (χ3n) is 3.15. The van der Waals surface area contributed by atoms with E-state index in [1.807, 2.05) is 18.2 Å². The van der Waals surface area contributed by atoms with Crippen molar-refractivity contribution in [2.75, 3.05) is 18.0 Å². The normalized spacial score (nSPS) is 10.3. The lowest BCUT2D eigenvalue weighted by Crippen LogP contribution is -2.20. The lowest BCUT2D eigenvalue weighted by molar-refractivity contribution is 0.876. The number of allylic oxidation sites excluding steroid dienone is 1. The van der Waals surface area contributed by atoms with Crippen LogP contribution >= 0.6 is 22.7 Å². The molecule has 0 saturated heterocycles. The number of hydrogen-bond acceptors (Lipinski definition) is 6. The summed E-state index contributed by atoms with van der Waals surface area (Å²) in [5.74, 6) is 0. The van der Waals surface area contributed by atoms with Gasteiger partial charge < -0.3 is 4.90 Å². The fourth-order valence-corrected chi connectivity index (χ4v) is 3.76. The van der Waals surface area contributed by atoms with E-state index in [0.717, 1.165) is 18.0 Å². The highest BCUT2D eigenvalue weighted by atomic mass is 32.1. The highest BCUT2D eigenvalue weighted by Crippen LogP contribution is 2.28. The molecule has 23 heavy (non-hydrogen) atoms. The average Bonchev–Trinajstić information content (AvgIpc) is 3.21. The Morgan fingerprint density at radius 3 is 2.48 bits per heavy atom. The lowest BCUT2D eigenvalue weighted by Gasteiger charge is -2.17. The van der Waals surface area contributed by atoms with Crippen molar-refractivity contribution >= 4 is 45.9 Å². The first-order chi connectivity index (χ1) is 11.2. The zero-order chi connectivity index (χ0) is 16.7. The summed E-state index contributed by atoms with van der Waals surface area (Å²) in [5, 5.41) is 19.4. The molecule has 0 fully saturated rings. The summed E-state index contributed by atoms with van der Waals surface area (Å²) in [6.07, 6.45) is 7.32. The molecule has 0 spiro atoms. The van der Waals surface area contributed by atoms with Crippen molar-refractivity contribution in [1.82, 2.24) is 4.98 Å². The van der Waals surface area contributed by atoms with Crippen LogP contribution in [-0.4, -0.2) is 18.1 Å². The monoisotopic (exact) mass is 340 g/mol. The third kappa shape index (κ3) is 4.53. The molecule has 2 heterocycles. The first-order valence-electron chi connectivity index (χ1n) is 7.20. The van der Waals surface area contributed by atoms with Crippen LogP contribution in [0.5, 0.6) is 0 Å². The molecule has 2 aromatic heterocycles. The molecule has 0 unspecified atom stereocenters. The maximum absolute atomic E-state index is 8.75. The summed E-state index contributed by atoms with van der Waals surface area (Å²) < 4.78 is 0. The van der Waals surface area contributed by atoms with Crippen molar-refractivity contribution in [3.63, 3.8) is 0 Å². The highest BCUT2D eigenvalue weighted by molar-refractivity contribution is 7.17. The van der Waals surface area contributed by atoms with Crippen LogP contribution in [0.15, 0.2) is 23.9 Å². The maximum atomic E-state index is 8.75. The molecule has 0 atom stereocenters. The molecular weight excluding hydrogens is 324 g/mol. The first-order valence-corrected chi connectivity index (χ1v) is 8.84. The van der Waals surface area contributed by atoms with E-state index < -0.39 is 0 Å². The Kier molecular flexibility index (Phi) is 6.10. The summed E-state index contributed by atoms with van der Waals surface area (Å²) in [4.78, 5) is 8.71. The van der Waals surface area contributed by atoms with Crippen LogP contribution in [0.25, 0.3) is 18.2 Å². The van der Waals surface area contributed by atoms with Gasteiger partial charge in [-0.15, -0.1) is 22.7 Å². The molecule has 2 aromatic rings. The van der Waals surface area contributed by atoms with Gasteiger partial charge in [0.05, 0.1) is 5.00 Å². The number of hydrogen-bond donors (Lipinski definition) is 0. The van der Waals surface area contributed by atoms with E-state index >= 15 is 0 Å². The average molecular weight is 340 g/mol. The van der Waals surface area contributed by atoms with Crippen molar-refractivity contribution in [1.29, 1.82) is 10.5 Å². The van der Waals surface area contributed by atoms with E-state index in [9.17, 15) is 0 Å². The van der Waals surface area contributed by atoms with Gasteiger partial charge in [0.1, 0.15) is 22.7 Å². The van der Waals surface area contributed by atoms with Crippen LogP contribution < -0.4 is 4.90 Å². The molecule has 0 aliphatic heterocycles. The van der Waals surface area contributed by atoms with Gasteiger partial charge in [0.25, 0.3) is 0 Å². The lowest BCUT2D eigenvalue weighted by atomic mass is 10.3. The van der Waals surface area contributed by atoms with E-state index in [0.29, 0.717) is 5.01 Å². The number of anilines is 1. The fourth-order valence-electron chi connectivity index (χ4n) is 1.96. The molecule has 0 aromatic carbocycles. The van der Waals surface area contributed by atoms with E-state index in [1.165, 1.54) is 27.3 Å². The molecule has 0 aliphatic carbocycles. The highest BCUT2D eigenvalue weighted by Gasteiger charge is 2.04. The molecule has 116 valence electrons. The summed E-state index contributed by atoms with van der Waals surface area (Å²) >= 11 is 3.21. The second-order valence-corrected chi connectivity index (χ2v) is 6.75. The minimum atomic E-state index is 0.0667. The number of nitrogens with zero attached hydrogens (tertiary/aromatic N) is 4. The van der Waals surface area contributed by atoms with Gasteiger partial charge >= 0.3 is 0 Å². The Hall–Kier alpha value is -2.41.